The Hall–Kier alpha value is -2.49. The average molecular weight is 311 g/mol. The highest BCUT2D eigenvalue weighted by Gasteiger charge is 1.99. The largest absolute Gasteiger partial charge is 0.508 e. The van der Waals surface area contributed by atoms with E-state index < -0.39 is 0 Å². The van der Waals surface area contributed by atoms with Gasteiger partial charge in [-0.1, -0.05) is 42.0 Å². The molecule has 0 spiro atoms. The molecule has 0 aliphatic rings. The summed E-state index contributed by atoms with van der Waals surface area (Å²) in [5, 5.41) is 15.9. The molecular weight excluding hydrogens is 286 g/mol. The van der Waals surface area contributed by atoms with E-state index in [9.17, 15) is 5.11 Å². The van der Waals surface area contributed by atoms with Gasteiger partial charge in [-0.25, -0.2) is 0 Å². The first kappa shape index (κ1) is 16.9. The van der Waals surface area contributed by atoms with Crippen molar-refractivity contribution in [3.8, 4) is 5.75 Å². The first-order chi connectivity index (χ1) is 11.2. The Bertz CT molecular complexity index is 635. The van der Waals surface area contributed by atoms with Gasteiger partial charge in [0.25, 0.3) is 0 Å². The highest BCUT2D eigenvalue weighted by molar-refractivity contribution is 5.79. The number of nitrogens with one attached hydrogen (secondary N) is 2. The van der Waals surface area contributed by atoms with Crippen LogP contribution in [0.4, 0.5) is 0 Å². The van der Waals surface area contributed by atoms with Gasteiger partial charge in [0.2, 0.25) is 0 Å². The number of nitrogens with zero attached hydrogens (tertiary/aromatic N) is 1. The lowest BCUT2D eigenvalue weighted by molar-refractivity contribution is 0.475. The molecule has 0 aromatic heterocycles. The number of aryl methyl sites for hydroxylation is 2. The number of hydrogen-bond acceptors (Lipinski definition) is 2. The molecule has 4 nitrogen and oxygen atoms in total. The lowest BCUT2D eigenvalue weighted by atomic mass is 10.1. The van der Waals surface area contributed by atoms with E-state index in [2.05, 4.69) is 46.8 Å². The minimum Gasteiger partial charge on any atom is -0.508 e. The van der Waals surface area contributed by atoms with Gasteiger partial charge in [-0.3, -0.25) is 4.99 Å². The molecule has 2 aromatic carbocycles. The fraction of sp³-hybridized carbons (Fsp3) is 0.316. The van der Waals surface area contributed by atoms with Crippen molar-refractivity contribution in [3.05, 3.63) is 65.2 Å². The lowest BCUT2D eigenvalue weighted by Gasteiger charge is -2.12. The van der Waals surface area contributed by atoms with Crippen LogP contribution in [0.5, 0.6) is 5.75 Å². The highest BCUT2D eigenvalue weighted by Crippen LogP contribution is 2.10. The maximum Gasteiger partial charge on any atom is 0.191 e. The number of benzene rings is 2. The Labute approximate surface area is 138 Å². The lowest BCUT2D eigenvalue weighted by Crippen LogP contribution is -2.37. The molecule has 0 amide bonds. The predicted molar refractivity (Wildman–Crippen MR) is 95.8 cm³/mol. The number of aromatic hydroxyl groups is 1. The zero-order chi connectivity index (χ0) is 16.5. The van der Waals surface area contributed by atoms with Crippen LogP contribution >= 0.6 is 0 Å². The quantitative estimate of drug-likeness (QED) is 0.437. The first-order valence-electron chi connectivity index (χ1n) is 7.95. The summed E-state index contributed by atoms with van der Waals surface area (Å²) in [5.74, 6) is 1.13. The fourth-order valence-corrected chi connectivity index (χ4v) is 2.39. The third-order valence-corrected chi connectivity index (χ3v) is 3.64. The maximum atomic E-state index is 9.27. The monoisotopic (exact) mass is 311 g/mol. The molecule has 0 fully saturated rings. The van der Waals surface area contributed by atoms with Crippen molar-refractivity contribution < 1.29 is 5.11 Å². The van der Waals surface area contributed by atoms with Gasteiger partial charge in [0, 0.05) is 20.1 Å². The Balaban J connectivity index is 1.69. The summed E-state index contributed by atoms with van der Waals surface area (Å²) >= 11 is 0. The van der Waals surface area contributed by atoms with E-state index >= 15 is 0 Å². The summed E-state index contributed by atoms with van der Waals surface area (Å²) in [6.45, 7) is 3.72. The smallest absolute Gasteiger partial charge is 0.191 e. The molecule has 0 atom stereocenters. The van der Waals surface area contributed by atoms with Crippen LogP contribution in [0.25, 0.3) is 0 Å². The Morgan fingerprint density at radius 2 is 1.83 bits per heavy atom. The van der Waals surface area contributed by atoms with E-state index in [1.165, 1.54) is 16.7 Å². The van der Waals surface area contributed by atoms with E-state index in [4.69, 9.17) is 0 Å². The Kier molecular flexibility index (Phi) is 6.48. The van der Waals surface area contributed by atoms with Crippen LogP contribution in [0.2, 0.25) is 0 Å². The summed E-state index contributed by atoms with van der Waals surface area (Å²) in [7, 11) is 1.78. The van der Waals surface area contributed by atoms with Gasteiger partial charge in [0.05, 0.1) is 0 Å². The molecule has 0 radical (unpaired) electrons. The molecule has 0 saturated heterocycles. The summed E-state index contributed by atoms with van der Waals surface area (Å²) in [6.07, 6.45) is 1.98. The fourth-order valence-electron chi connectivity index (χ4n) is 2.39. The Morgan fingerprint density at radius 1 is 1.04 bits per heavy atom. The van der Waals surface area contributed by atoms with Gasteiger partial charge in [-0.2, -0.15) is 0 Å². The minimum atomic E-state index is 0.313. The van der Waals surface area contributed by atoms with Gasteiger partial charge < -0.3 is 15.7 Å². The molecule has 3 N–H and O–H groups in total. The summed E-state index contributed by atoms with van der Waals surface area (Å²) < 4.78 is 0. The van der Waals surface area contributed by atoms with Crippen LogP contribution in [0.15, 0.2) is 53.5 Å². The van der Waals surface area contributed by atoms with Crippen molar-refractivity contribution in [1.82, 2.24) is 10.6 Å². The van der Waals surface area contributed by atoms with Crippen LogP contribution in [-0.2, 0) is 13.0 Å². The van der Waals surface area contributed by atoms with E-state index in [-0.39, 0.29) is 0 Å². The molecule has 2 aromatic rings. The number of aliphatic imine (C=N–C) groups is 1. The number of phenolic OH excluding ortho intramolecular Hbond substituents is 1. The van der Waals surface area contributed by atoms with Gasteiger partial charge in [-0.15, -0.1) is 0 Å². The molecule has 0 aliphatic carbocycles. The third-order valence-electron chi connectivity index (χ3n) is 3.64. The first-order valence-corrected chi connectivity index (χ1v) is 7.95. The molecule has 122 valence electrons. The molecule has 0 aliphatic heterocycles. The van der Waals surface area contributed by atoms with Crippen LogP contribution < -0.4 is 10.6 Å². The van der Waals surface area contributed by atoms with Crippen LogP contribution in [0.3, 0.4) is 0 Å². The minimum absolute atomic E-state index is 0.313. The normalized spacial score (nSPS) is 11.3. The van der Waals surface area contributed by atoms with Crippen molar-refractivity contribution in [2.45, 2.75) is 26.3 Å². The second kappa shape index (κ2) is 8.83. The van der Waals surface area contributed by atoms with Gasteiger partial charge >= 0.3 is 0 Å². The second-order valence-corrected chi connectivity index (χ2v) is 5.61. The van der Waals surface area contributed by atoms with Crippen molar-refractivity contribution >= 4 is 5.96 Å². The second-order valence-electron chi connectivity index (χ2n) is 5.61. The summed E-state index contributed by atoms with van der Waals surface area (Å²) in [4.78, 5) is 4.24. The summed E-state index contributed by atoms with van der Waals surface area (Å²) in [6, 6.07) is 15.8. The van der Waals surface area contributed by atoms with Crippen LogP contribution in [0, 0.1) is 6.92 Å². The maximum absolute atomic E-state index is 9.27. The average Bonchev–Trinajstić information content (AvgIpc) is 2.56. The van der Waals surface area contributed by atoms with Gasteiger partial charge in [-0.05, 0) is 43.0 Å². The molecule has 2 rings (SSSR count). The molecule has 0 bridgehead atoms. The summed E-state index contributed by atoms with van der Waals surface area (Å²) in [5.41, 5.74) is 3.74. The van der Waals surface area contributed by atoms with E-state index in [1.807, 2.05) is 12.1 Å². The van der Waals surface area contributed by atoms with Crippen molar-refractivity contribution in [3.63, 3.8) is 0 Å². The molecule has 0 heterocycles. The van der Waals surface area contributed by atoms with Gasteiger partial charge in [0.15, 0.2) is 5.96 Å². The van der Waals surface area contributed by atoms with E-state index in [0.717, 1.165) is 31.9 Å². The van der Waals surface area contributed by atoms with Crippen molar-refractivity contribution in [2.75, 3.05) is 13.6 Å². The van der Waals surface area contributed by atoms with Gasteiger partial charge in [0.1, 0.15) is 5.75 Å². The predicted octanol–water partition coefficient (Wildman–Crippen LogP) is 3.00. The number of rotatable bonds is 6. The molecule has 4 heteroatoms. The zero-order valence-electron chi connectivity index (χ0n) is 13.8. The van der Waals surface area contributed by atoms with E-state index in [0.29, 0.717) is 5.75 Å². The van der Waals surface area contributed by atoms with Crippen LogP contribution in [0.1, 0.15) is 23.1 Å². The topological polar surface area (TPSA) is 56.7 Å². The number of guanidine groups is 1. The number of phenols is 1. The SMILES string of the molecule is CN=C(NCCCc1ccc(O)cc1)NCc1cccc(C)c1. The third kappa shape index (κ3) is 6.02. The molecular formula is C19H25N3O. The van der Waals surface area contributed by atoms with Crippen molar-refractivity contribution in [1.29, 1.82) is 0 Å². The van der Waals surface area contributed by atoms with Crippen LogP contribution in [-0.4, -0.2) is 24.7 Å². The molecule has 23 heavy (non-hydrogen) atoms. The Morgan fingerprint density at radius 3 is 2.52 bits per heavy atom. The highest BCUT2D eigenvalue weighted by atomic mass is 16.3. The number of hydrogen-bond donors (Lipinski definition) is 3. The molecule has 0 unspecified atom stereocenters. The van der Waals surface area contributed by atoms with E-state index in [1.54, 1.807) is 19.2 Å². The standard InChI is InChI=1S/C19H25N3O/c1-15-5-3-6-17(13-15)14-22-19(20-2)21-12-4-7-16-8-10-18(23)11-9-16/h3,5-6,8-11,13,23H,4,7,12,14H2,1-2H3,(H2,20,21,22). The zero-order valence-corrected chi connectivity index (χ0v) is 13.8. The van der Waals surface area contributed by atoms with Crippen molar-refractivity contribution in [2.24, 2.45) is 4.99 Å². The molecule has 0 saturated carbocycles.